The molecule has 1 unspecified atom stereocenters. The summed E-state index contributed by atoms with van der Waals surface area (Å²) in [5.74, 6) is 1.64. The molecule has 13 heavy (non-hydrogen) atoms. The van der Waals surface area contributed by atoms with Gasteiger partial charge in [-0.3, -0.25) is 0 Å². The van der Waals surface area contributed by atoms with E-state index in [1.165, 1.54) is 25.9 Å². The van der Waals surface area contributed by atoms with Crippen LogP contribution in [0.4, 0.5) is 0 Å². The number of hydrogen-bond donors (Lipinski definition) is 0. The molecule has 80 valence electrons. The fourth-order valence-electron chi connectivity index (χ4n) is 1.49. The molecule has 0 N–H and O–H groups in total. The van der Waals surface area contributed by atoms with Crippen molar-refractivity contribution >= 4 is 15.9 Å². The second-order valence-corrected chi connectivity index (χ2v) is 5.32. The normalized spacial score (nSPS) is 14.1. The summed E-state index contributed by atoms with van der Waals surface area (Å²) in [7, 11) is 2.22. The van der Waals surface area contributed by atoms with E-state index in [4.69, 9.17) is 0 Å². The molecule has 0 aliphatic heterocycles. The maximum absolute atomic E-state index is 3.48. The zero-order valence-corrected chi connectivity index (χ0v) is 11.1. The molecule has 0 aromatic heterocycles. The average Bonchev–Trinajstić information content (AvgIpc) is 2.00. The lowest BCUT2D eigenvalue weighted by molar-refractivity contribution is 0.273. The van der Waals surface area contributed by atoms with Crippen LogP contribution in [-0.4, -0.2) is 30.4 Å². The first-order valence-electron chi connectivity index (χ1n) is 5.30. The Kier molecular flexibility index (Phi) is 8.07. The number of alkyl halides is 1. The molecule has 1 atom stereocenters. The summed E-state index contributed by atoms with van der Waals surface area (Å²) in [5, 5.41) is 1.14. The largest absolute Gasteiger partial charge is 0.306 e. The smallest absolute Gasteiger partial charge is 0.00338 e. The quantitative estimate of drug-likeness (QED) is 0.626. The molecule has 0 amide bonds. The van der Waals surface area contributed by atoms with Crippen molar-refractivity contribution in [1.29, 1.82) is 0 Å². The van der Waals surface area contributed by atoms with Gasteiger partial charge in [-0.15, -0.1) is 0 Å². The van der Waals surface area contributed by atoms with E-state index in [1.54, 1.807) is 0 Å². The first-order valence-corrected chi connectivity index (χ1v) is 6.43. The van der Waals surface area contributed by atoms with Gasteiger partial charge in [0.2, 0.25) is 0 Å². The lowest BCUT2D eigenvalue weighted by Crippen LogP contribution is -2.25. The number of nitrogens with zero attached hydrogens (tertiary/aromatic N) is 1. The fraction of sp³-hybridized carbons (Fsp3) is 1.00. The maximum atomic E-state index is 3.48. The molecular formula is C11H24BrN. The van der Waals surface area contributed by atoms with Crippen LogP contribution >= 0.6 is 15.9 Å². The van der Waals surface area contributed by atoms with E-state index in [-0.39, 0.29) is 0 Å². The summed E-state index contributed by atoms with van der Waals surface area (Å²) in [5.41, 5.74) is 0. The van der Waals surface area contributed by atoms with Gasteiger partial charge in [0.25, 0.3) is 0 Å². The minimum Gasteiger partial charge on any atom is -0.306 e. The highest BCUT2D eigenvalue weighted by molar-refractivity contribution is 9.09. The monoisotopic (exact) mass is 249 g/mol. The Bertz CT molecular complexity index is 115. The van der Waals surface area contributed by atoms with Crippen LogP contribution in [0.25, 0.3) is 0 Å². The second-order valence-electron chi connectivity index (χ2n) is 4.53. The molecule has 0 radical (unpaired) electrons. The highest BCUT2D eigenvalue weighted by atomic mass is 79.9. The highest BCUT2D eigenvalue weighted by Crippen LogP contribution is 2.10. The summed E-state index contributed by atoms with van der Waals surface area (Å²) in [6.45, 7) is 9.36. The predicted molar refractivity (Wildman–Crippen MR) is 64.5 cm³/mol. The van der Waals surface area contributed by atoms with Crippen LogP contribution in [0.3, 0.4) is 0 Å². The van der Waals surface area contributed by atoms with E-state index >= 15 is 0 Å². The highest BCUT2D eigenvalue weighted by Gasteiger charge is 2.05. The summed E-state index contributed by atoms with van der Waals surface area (Å²) >= 11 is 3.48. The van der Waals surface area contributed by atoms with Crippen molar-refractivity contribution in [2.75, 3.05) is 25.5 Å². The lowest BCUT2D eigenvalue weighted by Gasteiger charge is -2.20. The van der Waals surface area contributed by atoms with E-state index in [1.807, 2.05) is 0 Å². The van der Waals surface area contributed by atoms with Crippen LogP contribution in [0.15, 0.2) is 0 Å². The Balaban J connectivity index is 3.40. The molecule has 0 aromatic rings. The van der Waals surface area contributed by atoms with Crippen molar-refractivity contribution in [1.82, 2.24) is 4.90 Å². The van der Waals surface area contributed by atoms with E-state index in [0.29, 0.717) is 0 Å². The van der Waals surface area contributed by atoms with Crippen LogP contribution in [0, 0.1) is 11.8 Å². The number of hydrogen-bond acceptors (Lipinski definition) is 1. The third-order valence-electron chi connectivity index (χ3n) is 2.28. The Morgan fingerprint density at radius 3 is 2.23 bits per heavy atom. The SMILES string of the molecule is CC(C)CN(C)CCC(C)CCBr. The van der Waals surface area contributed by atoms with Gasteiger partial charge in [0.15, 0.2) is 0 Å². The van der Waals surface area contributed by atoms with Gasteiger partial charge in [0, 0.05) is 11.9 Å². The number of halogens is 1. The summed E-state index contributed by atoms with van der Waals surface area (Å²) < 4.78 is 0. The fourth-order valence-corrected chi connectivity index (χ4v) is 2.27. The summed E-state index contributed by atoms with van der Waals surface area (Å²) in [4.78, 5) is 2.44. The maximum Gasteiger partial charge on any atom is 0.00338 e. The van der Waals surface area contributed by atoms with Gasteiger partial charge in [0.05, 0.1) is 0 Å². The average molecular weight is 250 g/mol. The Morgan fingerprint density at radius 2 is 1.77 bits per heavy atom. The molecule has 0 bridgehead atoms. The van der Waals surface area contributed by atoms with Crippen LogP contribution in [0.2, 0.25) is 0 Å². The van der Waals surface area contributed by atoms with Gasteiger partial charge in [0.1, 0.15) is 0 Å². The van der Waals surface area contributed by atoms with Gasteiger partial charge in [-0.1, -0.05) is 36.7 Å². The molecule has 0 spiro atoms. The summed E-state index contributed by atoms with van der Waals surface area (Å²) in [6, 6.07) is 0. The summed E-state index contributed by atoms with van der Waals surface area (Å²) in [6.07, 6.45) is 2.63. The standard InChI is InChI=1S/C11H24BrN/c1-10(2)9-13(4)8-6-11(3)5-7-12/h10-11H,5-9H2,1-4H3. The molecule has 0 saturated carbocycles. The molecular weight excluding hydrogens is 226 g/mol. The van der Waals surface area contributed by atoms with E-state index < -0.39 is 0 Å². The Morgan fingerprint density at radius 1 is 1.15 bits per heavy atom. The predicted octanol–water partition coefficient (Wildman–Crippen LogP) is 3.39. The van der Waals surface area contributed by atoms with Crippen molar-refractivity contribution in [3.05, 3.63) is 0 Å². The van der Waals surface area contributed by atoms with Crippen LogP contribution in [0.5, 0.6) is 0 Å². The first-order chi connectivity index (χ1) is 6.06. The topological polar surface area (TPSA) is 3.24 Å². The van der Waals surface area contributed by atoms with Gasteiger partial charge >= 0.3 is 0 Å². The third kappa shape index (κ3) is 8.76. The second kappa shape index (κ2) is 7.81. The third-order valence-corrected chi connectivity index (χ3v) is 2.74. The zero-order valence-electron chi connectivity index (χ0n) is 9.52. The molecule has 0 fully saturated rings. The van der Waals surface area contributed by atoms with Crippen LogP contribution in [-0.2, 0) is 0 Å². The van der Waals surface area contributed by atoms with Crippen LogP contribution in [0.1, 0.15) is 33.6 Å². The number of rotatable bonds is 7. The minimum atomic E-state index is 0.788. The molecule has 0 aliphatic carbocycles. The van der Waals surface area contributed by atoms with Crippen molar-refractivity contribution in [2.45, 2.75) is 33.6 Å². The molecule has 0 rings (SSSR count). The molecule has 0 aliphatic rings. The molecule has 0 aromatic carbocycles. The molecule has 0 saturated heterocycles. The van der Waals surface area contributed by atoms with Gasteiger partial charge in [-0.2, -0.15) is 0 Å². The van der Waals surface area contributed by atoms with Crippen molar-refractivity contribution < 1.29 is 0 Å². The first kappa shape index (κ1) is 13.4. The van der Waals surface area contributed by atoms with E-state index in [2.05, 4.69) is 48.6 Å². The van der Waals surface area contributed by atoms with E-state index in [0.717, 1.165) is 17.2 Å². The lowest BCUT2D eigenvalue weighted by atomic mass is 10.0. The van der Waals surface area contributed by atoms with Crippen molar-refractivity contribution in [3.63, 3.8) is 0 Å². The van der Waals surface area contributed by atoms with E-state index in [9.17, 15) is 0 Å². The van der Waals surface area contributed by atoms with Crippen molar-refractivity contribution in [2.24, 2.45) is 11.8 Å². The van der Waals surface area contributed by atoms with Gasteiger partial charge in [-0.05, 0) is 38.3 Å². The zero-order chi connectivity index (χ0) is 10.3. The Labute approximate surface area is 92.0 Å². The Hall–Kier alpha value is 0.440. The van der Waals surface area contributed by atoms with Crippen LogP contribution < -0.4 is 0 Å². The molecule has 0 heterocycles. The van der Waals surface area contributed by atoms with Crippen molar-refractivity contribution in [3.8, 4) is 0 Å². The minimum absolute atomic E-state index is 0.788. The molecule has 1 nitrogen and oxygen atoms in total. The molecule has 2 heteroatoms. The van der Waals surface area contributed by atoms with Gasteiger partial charge < -0.3 is 4.90 Å². The van der Waals surface area contributed by atoms with Gasteiger partial charge in [-0.25, -0.2) is 0 Å².